The van der Waals surface area contributed by atoms with Crippen molar-refractivity contribution in [3.8, 4) is 0 Å². The van der Waals surface area contributed by atoms with Crippen LogP contribution in [0.5, 0.6) is 0 Å². The average Bonchev–Trinajstić information content (AvgIpc) is 2.03. The zero-order valence-corrected chi connectivity index (χ0v) is 8.43. The molecule has 0 saturated heterocycles. The number of hydrogen-bond donors (Lipinski definition) is 2. The van der Waals surface area contributed by atoms with E-state index in [1.54, 1.807) is 0 Å². The predicted octanol–water partition coefficient (Wildman–Crippen LogP) is 2.82. The lowest BCUT2D eigenvalue weighted by molar-refractivity contribution is 0.0760. The molecule has 0 aromatic carbocycles. The van der Waals surface area contributed by atoms with E-state index >= 15 is 0 Å². The Morgan fingerprint density at radius 2 is 1.67 bits per heavy atom. The van der Waals surface area contributed by atoms with Crippen molar-refractivity contribution >= 4 is 0 Å². The van der Waals surface area contributed by atoms with Crippen molar-refractivity contribution in [3.63, 3.8) is 0 Å². The van der Waals surface area contributed by atoms with E-state index in [2.05, 4.69) is 26.3 Å². The van der Waals surface area contributed by atoms with E-state index in [1.807, 2.05) is 0 Å². The van der Waals surface area contributed by atoms with Gasteiger partial charge in [0.1, 0.15) is 0 Å². The Balaban J connectivity index is 0.00000144. The molecule has 0 atom stereocenters. The molecule has 0 heterocycles. The van der Waals surface area contributed by atoms with Crippen LogP contribution in [-0.2, 0) is 0 Å². The second-order valence-corrected chi connectivity index (χ2v) is 5.04. The van der Waals surface area contributed by atoms with Crippen molar-refractivity contribution in [2.24, 2.45) is 11.3 Å². The molecule has 0 bridgehead atoms. The summed E-state index contributed by atoms with van der Waals surface area (Å²) in [5, 5.41) is 8.73. The molecule has 0 aromatic heterocycles. The summed E-state index contributed by atoms with van der Waals surface area (Å²) in [7, 11) is 0. The molecule has 1 aliphatic carbocycles. The molecular weight excluding hydrogens is 150 g/mol. The van der Waals surface area contributed by atoms with Gasteiger partial charge in [0.15, 0.2) is 0 Å². The highest BCUT2D eigenvalue weighted by atomic mass is 16.5. The molecule has 0 amide bonds. The molecule has 1 fully saturated rings. The Labute approximate surface area is 76.8 Å². The first-order chi connectivity index (χ1) is 5.54. The zero-order valence-electron chi connectivity index (χ0n) is 8.43. The zero-order chi connectivity index (χ0) is 9.19. The topological polar surface area (TPSA) is 32.3 Å². The summed E-state index contributed by atoms with van der Waals surface area (Å²) in [6.45, 7) is 6.93. The van der Waals surface area contributed by atoms with Gasteiger partial charge in [0.25, 0.3) is 0 Å². The Hall–Kier alpha value is -0.0800. The molecule has 2 heteroatoms. The van der Waals surface area contributed by atoms with E-state index in [4.69, 9.17) is 5.21 Å². The van der Waals surface area contributed by atoms with Crippen LogP contribution in [0.4, 0.5) is 0 Å². The molecule has 0 unspecified atom stereocenters. The smallest absolute Gasteiger partial charge is 0.0319 e. The standard InChI is InChI=1S/C10H21NO.H2/c1-10(2,3)8-4-6-9(11-12)7-5-8;/h8-9,11-12H,4-7H2,1-3H3;1H. The van der Waals surface area contributed by atoms with Gasteiger partial charge in [-0.25, -0.2) is 5.48 Å². The van der Waals surface area contributed by atoms with Crippen LogP contribution in [0.2, 0.25) is 0 Å². The maximum atomic E-state index is 8.73. The normalized spacial score (nSPS) is 32.0. The van der Waals surface area contributed by atoms with Crippen molar-refractivity contribution in [1.29, 1.82) is 0 Å². The second kappa shape index (κ2) is 3.75. The molecule has 74 valence electrons. The summed E-state index contributed by atoms with van der Waals surface area (Å²) >= 11 is 0. The van der Waals surface area contributed by atoms with Gasteiger partial charge in [0, 0.05) is 7.47 Å². The van der Waals surface area contributed by atoms with Crippen molar-refractivity contribution < 1.29 is 6.63 Å². The highest BCUT2D eigenvalue weighted by molar-refractivity contribution is 4.81. The van der Waals surface area contributed by atoms with Crippen molar-refractivity contribution in [3.05, 3.63) is 0 Å². The first kappa shape index (κ1) is 10.0. The largest absolute Gasteiger partial charge is 0.317 e. The highest BCUT2D eigenvalue weighted by Gasteiger charge is 2.29. The van der Waals surface area contributed by atoms with Gasteiger partial charge in [-0.1, -0.05) is 20.8 Å². The molecule has 1 saturated carbocycles. The van der Waals surface area contributed by atoms with Gasteiger partial charge in [-0.3, -0.25) is 0 Å². The van der Waals surface area contributed by atoms with Gasteiger partial charge in [-0.05, 0) is 37.0 Å². The summed E-state index contributed by atoms with van der Waals surface area (Å²) < 4.78 is 0. The summed E-state index contributed by atoms with van der Waals surface area (Å²) in [6.07, 6.45) is 4.75. The molecule has 1 aliphatic rings. The SMILES string of the molecule is CC(C)(C)C1CCC(NO)CC1.[HH]. The average molecular weight is 173 g/mol. The predicted molar refractivity (Wildman–Crippen MR) is 52.2 cm³/mol. The van der Waals surface area contributed by atoms with Gasteiger partial charge in [-0.15, -0.1) is 0 Å². The summed E-state index contributed by atoms with van der Waals surface area (Å²) in [4.78, 5) is 0. The molecule has 0 spiro atoms. The van der Waals surface area contributed by atoms with Crippen LogP contribution in [0.25, 0.3) is 0 Å². The lowest BCUT2D eigenvalue weighted by Gasteiger charge is -2.36. The molecular formula is C10H23NO. The first-order valence-corrected chi connectivity index (χ1v) is 4.93. The molecule has 2 nitrogen and oxygen atoms in total. The van der Waals surface area contributed by atoms with E-state index in [1.165, 1.54) is 12.8 Å². The fourth-order valence-electron chi connectivity index (χ4n) is 2.09. The van der Waals surface area contributed by atoms with E-state index in [0.29, 0.717) is 11.5 Å². The van der Waals surface area contributed by atoms with Gasteiger partial charge < -0.3 is 5.21 Å². The molecule has 0 radical (unpaired) electrons. The third-order valence-corrected chi connectivity index (χ3v) is 3.13. The molecule has 0 aliphatic heterocycles. The minimum Gasteiger partial charge on any atom is -0.317 e. The Morgan fingerprint density at radius 1 is 1.17 bits per heavy atom. The number of nitrogens with one attached hydrogen (secondary N) is 1. The Bertz CT molecular complexity index is 136. The maximum Gasteiger partial charge on any atom is 0.0319 e. The third-order valence-electron chi connectivity index (χ3n) is 3.13. The lowest BCUT2D eigenvalue weighted by Crippen LogP contribution is -2.34. The monoisotopic (exact) mass is 173 g/mol. The van der Waals surface area contributed by atoms with E-state index in [-0.39, 0.29) is 1.43 Å². The molecule has 2 N–H and O–H groups in total. The van der Waals surface area contributed by atoms with Crippen molar-refractivity contribution in [1.82, 2.24) is 5.48 Å². The summed E-state index contributed by atoms with van der Waals surface area (Å²) in [5.74, 6) is 0.835. The van der Waals surface area contributed by atoms with Crippen LogP contribution < -0.4 is 5.48 Å². The molecule has 12 heavy (non-hydrogen) atoms. The van der Waals surface area contributed by atoms with Crippen LogP contribution in [-0.4, -0.2) is 11.2 Å². The second-order valence-electron chi connectivity index (χ2n) is 5.04. The maximum absolute atomic E-state index is 8.73. The lowest BCUT2D eigenvalue weighted by atomic mass is 9.71. The fraction of sp³-hybridized carbons (Fsp3) is 1.00. The van der Waals surface area contributed by atoms with Crippen LogP contribution in [0.15, 0.2) is 0 Å². The number of hydroxylamine groups is 1. The van der Waals surface area contributed by atoms with Gasteiger partial charge in [0.05, 0.1) is 0 Å². The van der Waals surface area contributed by atoms with E-state index < -0.39 is 0 Å². The van der Waals surface area contributed by atoms with Crippen molar-refractivity contribution in [2.45, 2.75) is 52.5 Å². The Morgan fingerprint density at radius 3 is 2.00 bits per heavy atom. The number of rotatable bonds is 1. The molecule has 1 rings (SSSR count). The minimum atomic E-state index is 0. The van der Waals surface area contributed by atoms with Crippen LogP contribution in [0, 0.1) is 11.3 Å². The van der Waals surface area contributed by atoms with Crippen LogP contribution in [0.3, 0.4) is 0 Å². The van der Waals surface area contributed by atoms with Gasteiger partial charge in [-0.2, -0.15) is 0 Å². The fourth-order valence-corrected chi connectivity index (χ4v) is 2.09. The minimum absolute atomic E-state index is 0. The van der Waals surface area contributed by atoms with Crippen LogP contribution >= 0.6 is 0 Å². The Kier molecular flexibility index (Phi) is 3.13. The molecule has 0 aromatic rings. The van der Waals surface area contributed by atoms with Crippen LogP contribution in [0.1, 0.15) is 47.9 Å². The van der Waals surface area contributed by atoms with Gasteiger partial charge in [0.2, 0.25) is 0 Å². The van der Waals surface area contributed by atoms with Gasteiger partial charge >= 0.3 is 0 Å². The van der Waals surface area contributed by atoms with Crippen molar-refractivity contribution in [2.75, 3.05) is 0 Å². The summed E-state index contributed by atoms with van der Waals surface area (Å²) in [6, 6.07) is 0.351. The summed E-state index contributed by atoms with van der Waals surface area (Å²) in [5.41, 5.74) is 2.82. The highest BCUT2D eigenvalue weighted by Crippen LogP contribution is 2.37. The first-order valence-electron chi connectivity index (χ1n) is 4.93. The van der Waals surface area contributed by atoms with E-state index in [9.17, 15) is 0 Å². The van der Waals surface area contributed by atoms with E-state index in [0.717, 1.165) is 18.8 Å². The number of hydrogen-bond acceptors (Lipinski definition) is 2. The quantitative estimate of drug-likeness (QED) is 0.598. The third kappa shape index (κ3) is 2.46.